The number of carbonyl (C=O) groups excluding carboxylic acids is 2. The van der Waals surface area contributed by atoms with E-state index in [9.17, 15) is 14.4 Å². The van der Waals surface area contributed by atoms with Gasteiger partial charge < -0.3 is 20.5 Å². The Morgan fingerprint density at radius 3 is 2.29 bits per heavy atom. The second kappa shape index (κ2) is 12.8. The Labute approximate surface area is 144 Å². The van der Waals surface area contributed by atoms with Crippen molar-refractivity contribution >= 4 is 17.8 Å². The van der Waals surface area contributed by atoms with Crippen LogP contribution in [0.15, 0.2) is 0 Å². The summed E-state index contributed by atoms with van der Waals surface area (Å²) in [6.45, 7) is 8.34. The van der Waals surface area contributed by atoms with Crippen LogP contribution in [0.25, 0.3) is 0 Å². The van der Waals surface area contributed by atoms with Crippen molar-refractivity contribution in [2.24, 2.45) is 11.8 Å². The number of nitrogens with one attached hydrogen (secondary N) is 2. The van der Waals surface area contributed by atoms with Gasteiger partial charge in [-0.25, -0.2) is 4.79 Å². The molecule has 2 unspecified atom stereocenters. The van der Waals surface area contributed by atoms with Gasteiger partial charge in [-0.05, 0) is 24.7 Å². The van der Waals surface area contributed by atoms with Gasteiger partial charge >= 0.3 is 5.97 Å². The van der Waals surface area contributed by atoms with Crippen LogP contribution in [0.3, 0.4) is 0 Å². The van der Waals surface area contributed by atoms with Gasteiger partial charge in [0.2, 0.25) is 11.8 Å². The molecule has 0 aromatic heterocycles. The van der Waals surface area contributed by atoms with Crippen molar-refractivity contribution in [1.82, 2.24) is 10.6 Å². The number of carboxylic acid groups (broad SMARTS) is 1. The molecule has 0 aromatic rings. The third-order valence-corrected chi connectivity index (χ3v) is 3.39. The minimum atomic E-state index is -0.963. The van der Waals surface area contributed by atoms with Crippen molar-refractivity contribution in [3.63, 3.8) is 0 Å². The number of carbonyl (C=O) groups is 3. The molecule has 0 aromatic carbocycles. The highest BCUT2D eigenvalue weighted by molar-refractivity contribution is 5.84. The van der Waals surface area contributed by atoms with E-state index >= 15 is 0 Å². The molecular formula is C17H32N2O5. The third-order valence-electron chi connectivity index (χ3n) is 3.39. The third kappa shape index (κ3) is 11.9. The first kappa shape index (κ1) is 22.4. The van der Waals surface area contributed by atoms with E-state index in [2.05, 4.69) is 10.6 Å². The number of amides is 2. The van der Waals surface area contributed by atoms with Crippen LogP contribution in [0, 0.1) is 11.8 Å². The largest absolute Gasteiger partial charge is 0.479 e. The minimum absolute atomic E-state index is 0.0150. The highest BCUT2D eigenvalue weighted by Gasteiger charge is 2.20. The number of carboxylic acids is 1. The van der Waals surface area contributed by atoms with E-state index in [4.69, 9.17) is 9.84 Å². The number of hydrogen-bond acceptors (Lipinski definition) is 4. The van der Waals surface area contributed by atoms with E-state index < -0.39 is 12.1 Å². The molecule has 7 nitrogen and oxygen atoms in total. The van der Waals surface area contributed by atoms with Crippen molar-refractivity contribution in [3.8, 4) is 0 Å². The Bertz CT molecular complexity index is 398. The molecule has 0 saturated carbocycles. The highest BCUT2D eigenvalue weighted by Crippen LogP contribution is 2.10. The van der Waals surface area contributed by atoms with Gasteiger partial charge in [0.05, 0.1) is 13.2 Å². The first-order valence-electron chi connectivity index (χ1n) is 8.64. The predicted molar refractivity (Wildman–Crippen MR) is 91.5 cm³/mol. The lowest BCUT2D eigenvalue weighted by Crippen LogP contribution is -2.39. The normalized spacial score (nSPS) is 13.4. The summed E-state index contributed by atoms with van der Waals surface area (Å²) in [6.07, 6.45) is 1.81. The van der Waals surface area contributed by atoms with Crippen LogP contribution >= 0.6 is 0 Å². The number of ether oxygens (including phenoxy) is 1. The summed E-state index contributed by atoms with van der Waals surface area (Å²) < 4.78 is 5.43. The lowest BCUT2D eigenvalue weighted by atomic mass is 10.1. The van der Waals surface area contributed by atoms with Gasteiger partial charge in [-0.3, -0.25) is 9.59 Å². The Morgan fingerprint density at radius 2 is 1.75 bits per heavy atom. The van der Waals surface area contributed by atoms with Crippen LogP contribution in [-0.4, -0.2) is 48.7 Å². The topological polar surface area (TPSA) is 105 Å². The van der Waals surface area contributed by atoms with Crippen molar-refractivity contribution in [3.05, 3.63) is 0 Å². The SMILES string of the molecule is CCCCC(=O)NCC(=O)NCC(C)COC(CC(C)C)C(=O)O. The summed E-state index contributed by atoms with van der Waals surface area (Å²) in [5.41, 5.74) is 0. The number of rotatable bonds is 13. The van der Waals surface area contributed by atoms with Crippen LogP contribution in [0.2, 0.25) is 0 Å². The highest BCUT2D eigenvalue weighted by atomic mass is 16.5. The molecule has 0 bridgehead atoms. The molecule has 24 heavy (non-hydrogen) atoms. The molecule has 140 valence electrons. The lowest BCUT2D eigenvalue weighted by Gasteiger charge is -2.19. The average molecular weight is 344 g/mol. The Kier molecular flexibility index (Phi) is 11.9. The maximum Gasteiger partial charge on any atom is 0.332 e. The van der Waals surface area contributed by atoms with Crippen LogP contribution in [0.5, 0.6) is 0 Å². The Hall–Kier alpha value is -1.63. The molecular weight excluding hydrogens is 312 g/mol. The van der Waals surface area contributed by atoms with Gasteiger partial charge in [0.1, 0.15) is 0 Å². The molecule has 0 aliphatic carbocycles. The van der Waals surface area contributed by atoms with Crippen LogP contribution in [0.4, 0.5) is 0 Å². The first-order valence-corrected chi connectivity index (χ1v) is 8.64. The number of unbranched alkanes of at least 4 members (excludes halogenated alkanes) is 1. The van der Waals surface area contributed by atoms with Gasteiger partial charge in [-0.15, -0.1) is 0 Å². The molecule has 0 radical (unpaired) electrons. The number of hydrogen-bond donors (Lipinski definition) is 3. The number of aliphatic carboxylic acids is 1. The van der Waals surface area contributed by atoms with E-state index in [1.54, 1.807) is 0 Å². The minimum Gasteiger partial charge on any atom is -0.479 e. The van der Waals surface area contributed by atoms with Gasteiger partial charge in [0, 0.05) is 13.0 Å². The summed E-state index contributed by atoms with van der Waals surface area (Å²) in [4.78, 5) is 34.2. The van der Waals surface area contributed by atoms with Crippen molar-refractivity contribution in [2.75, 3.05) is 19.7 Å². The Morgan fingerprint density at radius 1 is 1.08 bits per heavy atom. The quantitative estimate of drug-likeness (QED) is 0.470. The molecule has 0 aliphatic rings. The molecule has 7 heteroatoms. The molecule has 0 spiro atoms. The summed E-state index contributed by atoms with van der Waals surface area (Å²) >= 11 is 0. The maximum absolute atomic E-state index is 11.7. The lowest BCUT2D eigenvalue weighted by molar-refractivity contribution is -0.152. The van der Waals surface area contributed by atoms with Crippen LogP contribution in [-0.2, 0) is 19.1 Å². The molecule has 0 fully saturated rings. The van der Waals surface area contributed by atoms with Gasteiger partial charge in [-0.2, -0.15) is 0 Å². The summed E-state index contributed by atoms with van der Waals surface area (Å²) in [7, 11) is 0. The standard InChI is InChI=1S/C17H32N2O5/c1-5-6-7-15(20)19-10-16(21)18-9-13(4)11-24-14(17(22)23)8-12(2)3/h12-14H,5-11H2,1-4H3,(H,18,21)(H,19,20)(H,22,23). The van der Waals surface area contributed by atoms with E-state index in [-0.39, 0.29) is 36.8 Å². The second-order valence-corrected chi connectivity index (χ2v) is 6.58. The first-order chi connectivity index (χ1) is 11.3. The Balaban J connectivity index is 3.94. The zero-order valence-electron chi connectivity index (χ0n) is 15.3. The van der Waals surface area contributed by atoms with Gasteiger partial charge in [-0.1, -0.05) is 34.1 Å². The van der Waals surface area contributed by atoms with Gasteiger partial charge in [0.25, 0.3) is 0 Å². The van der Waals surface area contributed by atoms with Crippen LogP contribution in [0.1, 0.15) is 53.4 Å². The van der Waals surface area contributed by atoms with Crippen LogP contribution < -0.4 is 10.6 Å². The predicted octanol–water partition coefficient (Wildman–Crippen LogP) is 1.56. The van der Waals surface area contributed by atoms with Crippen molar-refractivity contribution in [1.29, 1.82) is 0 Å². The van der Waals surface area contributed by atoms with E-state index in [0.29, 0.717) is 19.4 Å². The fraction of sp³-hybridized carbons (Fsp3) is 0.824. The average Bonchev–Trinajstić information content (AvgIpc) is 2.52. The fourth-order valence-electron chi connectivity index (χ4n) is 1.96. The molecule has 2 amide bonds. The zero-order valence-corrected chi connectivity index (χ0v) is 15.3. The fourth-order valence-corrected chi connectivity index (χ4v) is 1.96. The van der Waals surface area contributed by atoms with Gasteiger partial charge in [0.15, 0.2) is 6.10 Å². The molecule has 0 aliphatic heterocycles. The molecule has 3 N–H and O–H groups in total. The second-order valence-electron chi connectivity index (χ2n) is 6.58. The van der Waals surface area contributed by atoms with Crippen molar-refractivity contribution in [2.45, 2.75) is 59.5 Å². The summed E-state index contributed by atoms with van der Waals surface area (Å²) in [5, 5.41) is 14.4. The monoisotopic (exact) mass is 344 g/mol. The maximum atomic E-state index is 11.7. The molecule has 0 heterocycles. The zero-order chi connectivity index (χ0) is 18.5. The van der Waals surface area contributed by atoms with E-state index in [0.717, 1.165) is 12.8 Å². The molecule has 0 saturated heterocycles. The molecule has 2 atom stereocenters. The van der Waals surface area contributed by atoms with E-state index in [1.165, 1.54) is 0 Å². The molecule has 0 rings (SSSR count). The summed E-state index contributed by atoms with van der Waals surface area (Å²) in [6, 6.07) is 0. The van der Waals surface area contributed by atoms with E-state index in [1.807, 2.05) is 27.7 Å². The van der Waals surface area contributed by atoms with Crippen molar-refractivity contribution < 1.29 is 24.2 Å². The summed E-state index contributed by atoms with van der Waals surface area (Å²) in [5.74, 6) is -1.13. The smallest absolute Gasteiger partial charge is 0.332 e.